The monoisotopic (exact) mass is 896 g/mol. The summed E-state index contributed by atoms with van der Waals surface area (Å²) in [5, 5.41) is 0. The molecule has 8 rings (SSSR count). The predicted molar refractivity (Wildman–Crippen MR) is 225 cm³/mol. The van der Waals surface area contributed by atoms with E-state index >= 15 is 0 Å². The third-order valence-corrected chi connectivity index (χ3v) is 11.1. The molecule has 2 aromatic heterocycles. The summed E-state index contributed by atoms with van der Waals surface area (Å²) in [5.74, 6) is -0.154. The van der Waals surface area contributed by atoms with Crippen molar-refractivity contribution in [2.24, 2.45) is 0 Å². The minimum absolute atomic E-state index is 0. The Kier molecular flexibility index (Phi) is 15.0. The Morgan fingerprint density at radius 1 is 0.379 bits per heavy atom. The van der Waals surface area contributed by atoms with Gasteiger partial charge in [-0.3, -0.25) is 9.59 Å². The molecule has 4 aromatic carbocycles. The Morgan fingerprint density at radius 3 is 1.14 bits per heavy atom. The molecule has 0 fully saturated rings. The fourth-order valence-electron chi connectivity index (χ4n) is 8.20. The highest BCUT2D eigenvalue weighted by Gasteiger charge is 2.42. The molecule has 4 heterocycles. The van der Waals surface area contributed by atoms with Crippen molar-refractivity contribution in [2.45, 2.75) is 64.5 Å². The maximum absolute atomic E-state index is 14.8. The molecule has 2 amide bonds. The number of benzene rings is 4. The SMILES string of the molecule is O=C1/C(=C2/C(=O)N(CCCCCC[n+]3ccccc3)c3cc(-c4ccccc4)ccc32)c2ccc(-c3ccccc3)cc2N1CCCCCC[n+]1ccccc1.[Br-].[Br-]. The number of carbonyl (C=O) groups excluding carboxylic acids is 2. The van der Waals surface area contributed by atoms with E-state index < -0.39 is 0 Å². The van der Waals surface area contributed by atoms with Gasteiger partial charge < -0.3 is 43.8 Å². The fourth-order valence-corrected chi connectivity index (χ4v) is 8.20. The van der Waals surface area contributed by atoms with Gasteiger partial charge in [-0.25, -0.2) is 9.13 Å². The minimum atomic E-state index is -0.0771. The number of amides is 2. The van der Waals surface area contributed by atoms with Crippen molar-refractivity contribution < 1.29 is 52.7 Å². The van der Waals surface area contributed by atoms with Gasteiger partial charge in [0, 0.05) is 61.3 Å². The van der Waals surface area contributed by atoms with Gasteiger partial charge in [0.25, 0.3) is 11.8 Å². The molecule has 0 saturated heterocycles. The lowest BCUT2D eigenvalue weighted by Gasteiger charge is -2.18. The second-order valence-corrected chi connectivity index (χ2v) is 14.9. The first kappa shape index (κ1) is 42.4. The van der Waals surface area contributed by atoms with Crippen LogP contribution in [0.4, 0.5) is 11.4 Å². The van der Waals surface area contributed by atoms with E-state index in [0.29, 0.717) is 24.2 Å². The molecule has 0 unspecified atom stereocenters. The lowest BCUT2D eigenvalue weighted by Crippen LogP contribution is -3.00. The average Bonchev–Trinajstić information content (AvgIpc) is 3.68. The molecule has 0 saturated carbocycles. The normalized spacial score (nSPS) is 14.2. The van der Waals surface area contributed by atoms with Crippen molar-refractivity contribution in [3.8, 4) is 22.3 Å². The van der Waals surface area contributed by atoms with Crippen molar-refractivity contribution in [1.82, 2.24) is 0 Å². The number of nitrogens with zero attached hydrogens (tertiary/aromatic N) is 4. The van der Waals surface area contributed by atoms with Crippen molar-refractivity contribution in [2.75, 3.05) is 22.9 Å². The minimum Gasteiger partial charge on any atom is -1.00 e. The number of hydrogen-bond acceptors (Lipinski definition) is 2. The first-order valence-corrected chi connectivity index (χ1v) is 20.3. The third kappa shape index (κ3) is 9.57. The molecule has 2 aliphatic rings. The number of rotatable bonds is 16. The van der Waals surface area contributed by atoms with E-state index in [9.17, 15) is 9.59 Å². The van der Waals surface area contributed by atoms with Crippen molar-refractivity contribution in [3.63, 3.8) is 0 Å². The van der Waals surface area contributed by atoms with Crippen LogP contribution in [0.2, 0.25) is 0 Å². The quantitative estimate of drug-likeness (QED) is 0.0847. The van der Waals surface area contributed by atoms with Crippen LogP contribution >= 0.6 is 0 Å². The summed E-state index contributed by atoms with van der Waals surface area (Å²) in [5.41, 5.74) is 8.86. The van der Waals surface area contributed by atoms with Crippen molar-refractivity contribution >= 4 is 34.3 Å². The summed E-state index contributed by atoms with van der Waals surface area (Å²) in [6.45, 7) is 3.19. The Bertz CT molecular complexity index is 2150. The fraction of sp³-hybridized carbons (Fsp3) is 0.240. The van der Waals surface area contributed by atoms with Gasteiger partial charge in [0.2, 0.25) is 0 Å². The summed E-state index contributed by atoms with van der Waals surface area (Å²) in [6, 6.07) is 45.6. The topological polar surface area (TPSA) is 48.4 Å². The number of pyridine rings is 2. The molecule has 0 N–H and O–H groups in total. The van der Waals surface area contributed by atoms with Crippen LogP contribution in [0.1, 0.15) is 62.5 Å². The van der Waals surface area contributed by atoms with Gasteiger partial charge in [0.05, 0.1) is 22.5 Å². The van der Waals surface area contributed by atoms with E-state index in [0.717, 1.165) is 109 Å². The molecule has 6 aromatic rings. The number of unbranched alkanes of at least 4 members (excludes halogenated alkanes) is 6. The van der Waals surface area contributed by atoms with E-state index in [-0.39, 0.29) is 45.8 Å². The number of aryl methyl sites for hydroxylation is 2. The summed E-state index contributed by atoms with van der Waals surface area (Å²) < 4.78 is 4.44. The number of hydrogen-bond donors (Lipinski definition) is 0. The van der Waals surface area contributed by atoms with Crippen LogP contribution in [0.25, 0.3) is 33.4 Å². The highest BCUT2D eigenvalue weighted by Crippen LogP contribution is 2.48. The molecule has 8 heteroatoms. The Morgan fingerprint density at radius 2 is 0.741 bits per heavy atom. The van der Waals surface area contributed by atoms with Crippen molar-refractivity contribution in [3.05, 3.63) is 169 Å². The zero-order valence-corrected chi connectivity index (χ0v) is 36.0. The van der Waals surface area contributed by atoms with E-state index in [1.165, 1.54) is 0 Å². The van der Waals surface area contributed by atoms with Crippen molar-refractivity contribution in [1.29, 1.82) is 0 Å². The van der Waals surface area contributed by atoms with Gasteiger partial charge in [-0.15, -0.1) is 0 Å². The smallest absolute Gasteiger partial charge is 0.259 e. The Balaban J connectivity index is 0.00000283. The van der Waals surface area contributed by atoms with E-state index in [2.05, 4.69) is 119 Å². The second kappa shape index (κ2) is 20.5. The van der Waals surface area contributed by atoms with Crippen LogP contribution in [0.5, 0.6) is 0 Å². The number of anilines is 2. The molecule has 0 spiro atoms. The molecular weight excluding hydrogens is 848 g/mol. The summed E-state index contributed by atoms with van der Waals surface area (Å²) in [7, 11) is 0. The summed E-state index contributed by atoms with van der Waals surface area (Å²) in [4.78, 5) is 33.5. The van der Waals surface area contributed by atoms with Gasteiger partial charge in [0.1, 0.15) is 13.1 Å². The highest BCUT2D eigenvalue weighted by molar-refractivity contribution is 6.50. The molecule has 2 aliphatic heterocycles. The predicted octanol–water partition coefficient (Wildman–Crippen LogP) is 3.73. The second-order valence-electron chi connectivity index (χ2n) is 14.9. The zero-order chi connectivity index (χ0) is 38.1. The first-order chi connectivity index (χ1) is 27.7. The van der Waals surface area contributed by atoms with Crippen LogP contribution in [-0.4, -0.2) is 24.9 Å². The molecule has 0 atom stereocenters. The lowest BCUT2D eigenvalue weighted by molar-refractivity contribution is -0.697. The largest absolute Gasteiger partial charge is 1.00 e. The maximum atomic E-state index is 14.8. The first-order valence-electron chi connectivity index (χ1n) is 20.3. The van der Waals surface area contributed by atoms with Crippen LogP contribution < -0.4 is 52.9 Å². The highest BCUT2D eigenvalue weighted by atomic mass is 79.9. The van der Waals surface area contributed by atoms with E-state index in [4.69, 9.17) is 0 Å². The molecule has 0 radical (unpaired) electrons. The zero-order valence-electron chi connectivity index (χ0n) is 32.9. The van der Waals surface area contributed by atoms with Gasteiger partial charge in [-0.1, -0.05) is 110 Å². The number of aromatic nitrogens is 2. The Labute approximate surface area is 364 Å². The van der Waals surface area contributed by atoms with Gasteiger partial charge in [-0.2, -0.15) is 0 Å². The van der Waals surface area contributed by atoms with Crippen LogP contribution in [0.15, 0.2) is 158 Å². The molecule has 6 nitrogen and oxygen atoms in total. The number of carbonyl (C=O) groups is 2. The van der Waals surface area contributed by atoms with Crippen LogP contribution in [0, 0.1) is 0 Å². The molecule has 0 bridgehead atoms. The van der Waals surface area contributed by atoms with Gasteiger partial charge in [-0.05, 0) is 60.1 Å². The molecule has 0 aliphatic carbocycles. The molecule has 58 heavy (non-hydrogen) atoms. The number of fused-ring (bicyclic) bond motifs is 2. The molecule has 296 valence electrons. The molecular formula is C50H50Br2N4O2. The summed E-state index contributed by atoms with van der Waals surface area (Å²) in [6.07, 6.45) is 16.6. The average molecular weight is 899 g/mol. The summed E-state index contributed by atoms with van der Waals surface area (Å²) >= 11 is 0. The van der Waals surface area contributed by atoms with E-state index in [1.807, 2.05) is 58.3 Å². The lowest BCUT2D eigenvalue weighted by atomic mass is 9.93. The van der Waals surface area contributed by atoms with Gasteiger partial charge >= 0.3 is 0 Å². The Hall–Kier alpha value is -5.18. The maximum Gasteiger partial charge on any atom is 0.259 e. The standard InChI is InChI=1S/C50H50N4O2.2BrH/c55-49-47(43-27-25-41(39-21-9-5-10-22-39)37-45(43)53(49)35-19-3-1-13-29-51-31-15-7-16-32-51)48-44-28-26-42(40-23-11-6-12-24-40)38-46(44)54(50(48)56)36-20-4-2-14-30-52-33-17-8-18-34-52;;/h5-12,15-18,21-28,31-34,37-38H,1-4,13-14,19-20,29-30,35-36H2;2*1H/q+2;;/p-2/b48-47+;;. The van der Waals surface area contributed by atoms with Crippen LogP contribution in [0.3, 0.4) is 0 Å². The third-order valence-electron chi connectivity index (χ3n) is 11.1. The van der Waals surface area contributed by atoms with Crippen LogP contribution in [-0.2, 0) is 22.7 Å². The van der Waals surface area contributed by atoms with E-state index in [1.54, 1.807) is 0 Å². The number of halogens is 2. The van der Waals surface area contributed by atoms with Gasteiger partial charge in [0.15, 0.2) is 24.8 Å².